The molecule has 120 valence electrons. The molecule has 0 unspecified atom stereocenters. The molecule has 25 heavy (non-hydrogen) atoms. The lowest BCUT2D eigenvalue weighted by molar-refractivity contribution is 0.475. The average Bonchev–Trinajstić information content (AvgIpc) is 2.64. The zero-order chi connectivity index (χ0) is 17.1. The first-order valence-electron chi connectivity index (χ1n) is 7.93. The minimum Gasteiger partial charge on any atom is -0.508 e. The number of pyridine rings is 1. The van der Waals surface area contributed by atoms with Gasteiger partial charge in [-0.2, -0.15) is 0 Å². The van der Waals surface area contributed by atoms with E-state index >= 15 is 0 Å². The van der Waals surface area contributed by atoms with Crippen molar-refractivity contribution in [3.05, 3.63) is 65.2 Å². The topological polar surface area (TPSA) is 68.0 Å². The Bertz CT molecular complexity index is 1310. The van der Waals surface area contributed by atoms with Crippen LogP contribution in [0, 0.1) is 0 Å². The van der Waals surface area contributed by atoms with Crippen LogP contribution in [0.3, 0.4) is 0 Å². The van der Waals surface area contributed by atoms with Gasteiger partial charge in [0, 0.05) is 28.6 Å². The molecule has 0 saturated heterocycles. The van der Waals surface area contributed by atoms with E-state index in [9.17, 15) is 9.90 Å². The lowest BCUT2D eigenvalue weighted by Crippen LogP contribution is -2.19. The number of benzene rings is 3. The maximum absolute atomic E-state index is 13.0. The summed E-state index contributed by atoms with van der Waals surface area (Å²) in [4.78, 5) is 21.7. The van der Waals surface area contributed by atoms with Crippen LogP contribution in [0.25, 0.3) is 43.8 Å². The smallest absolute Gasteiger partial charge is 0.258 e. The third kappa shape index (κ3) is 1.80. The second kappa shape index (κ2) is 4.77. The highest BCUT2D eigenvalue weighted by Gasteiger charge is 2.17. The van der Waals surface area contributed by atoms with Crippen LogP contribution in [0.5, 0.6) is 5.75 Å². The van der Waals surface area contributed by atoms with Crippen molar-refractivity contribution in [3.63, 3.8) is 0 Å². The molecule has 0 amide bonds. The summed E-state index contributed by atoms with van der Waals surface area (Å²) in [6, 6.07) is 14.5. The molecular weight excluding hydrogens is 314 g/mol. The molecule has 0 radical (unpaired) electrons. The van der Waals surface area contributed by atoms with Gasteiger partial charge in [-0.05, 0) is 48.0 Å². The van der Waals surface area contributed by atoms with E-state index in [0.717, 1.165) is 38.4 Å². The molecular formula is C20H13N3O2. The minimum atomic E-state index is -0.0613. The monoisotopic (exact) mass is 327 g/mol. The van der Waals surface area contributed by atoms with Gasteiger partial charge in [-0.3, -0.25) is 4.79 Å². The maximum Gasteiger partial charge on any atom is 0.258 e. The fourth-order valence-corrected chi connectivity index (χ4v) is 3.63. The number of phenols is 1. The van der Waals surface area contributed by atoms with E-state index in [0.29, 0.717) is 5.39 Å². The first-order chi connectivity index (χ1) is 12.1. The Morgan fingerprint density at radius 2 is 1.48 bits per heavy atom. The lowest BCUT2D eigenvalue weighted by atomic mass is 9.96. The molecule has 0 aliphatic heterocycles. The summed E-state index contributed by atoms with van der Waals surface area (Å²) in [5.41, 5.74) is 3.28. The second-order valence-corrected chi connectivity index (χ2v) is 6.15. The van der Waals surface area contributed by atoms with Gasteiger partial charge in [-0.1, -0.05) is 6.07 Å². The number of nitrogens with zero attached hydrogens (tertiary/aromatic N) is 3. The minimum absolute atomic E-state index is 0.0613. The SMILES string of the molecule is Cn1c(-c2ccc(O)cc2)c2ccc3ncnc4ccc(c1=O)c2c34. The van der Waals surface area contributed by atoms with Gasteiger partial charge in [0.05, 0.1) is 16.7 Å². The van der Waals surface area contributed by atoms with Crippen LogP contribution in [0.1, 0.15) is 0 Å². The van der Waals surface area contributed by atoms with Crippen molar-refractivity contribution in [2.45, 2.75) is 0 Å². The molecule has 5 rings (SSSR count). The van der Waals surface area contributed by atoms with Gasteiger partial charge in [-0.25, -0.2) is 9.97 Å². The van der Waals surface area contributed by atoms with Crippen molar-refractivity contribution in [2.24, 2.45) is 7.05 Å². The fourth-order valence-electron chi connectivity index (χ4n) is 3.63. The molecule has 0 saturated carbocycles. The molecule has 1 N–H and O–H groups in total. The molecule has 0 aliphatic carbocycles. The van der Waals surface area contributed by atoms with Gasteiger partial charge in [0.1, 0.15) is 12.1 Å². The zero-order valence-electron chi connectivity index (χ0n) is 13.4. The molecule has 0 fully saturated rings. The lowest BCUT2D eigenvalue weighted by Gasteiger charge is -2.16. The van der Waals surface area contributed by atoms with Crippen molar-refractivity contribution in [1.82, 2.24) is 14.5 Å². The third-order valence-electron chi connectivity index (χ3n) is 4.78. The molecule has 0 spiro atoms. The van der Waals surface area contributed by atoms with Gasteiger partial charge in [-0.15, -0.1) is 0 Å². The van der Waals surface area contributed by atoms with Crippen LogP contribution < -0.4 is 5.56 Å². The molecule has 5 aromatic rings. The van der Waals surface area contributed by atoms with Gasteiger partial charge < -0.3 is 9.67 Å². The van der Waals surface area contributed by atoms with E-state index in [1.54, 1.807) is 30.1 Å². The van der Waals surface area contributed by atoms with Crippen LogP contribution in [0.15, 0.2) is 59.7 Å². The van der Waals surface area contributed by atoms with Crippen LogP contribution in [0.2, 0.25) is 0 Å². The Morgan fingerprint density at radius 3 is 2.16 bits per heavy atom. The molecule has 0 atom stereocenters. The van der Waals surface area contributed by atoms with E-state index in [1.807, 2.05) is 36.4 Å². The average molecular weight is 327 g/mol. The largest absolute Gasteiger partial charge is 0.508 e. The summed E-state index contributed by atoms with van der Waals surface area (Å²) >= 11 is 0. The maximum atomic E-state index is 13.0. The molecule has 0 bridgehead atoms. The quantitative estimate of drug-likeness (QED) is 0.479. The van der Waals surface area contributed by atoms with Gasteiger partial charge in [0.15, 0.2) is 0 Å². The van der Waals surface area contributed by atoms with Gasteiger partial charge >= 0.3 is 0 Å². The molecule has 0 aliphatic rings. The highest BCUT2D eigenvalue weighted by molar-refractivity contribution is 6.23. The number of hydrogen-bond acceptors (Lipinski definition) is 4. The van der Waals surface area contributed by atoms with E-state index < -0.39 is 0 Å². The summed E-state index contributed by atoms with van der Waals surface area (Å²) in [6.45, 7) is 0. The summed E-state index contributed by atoms with van der Waals surface area (Å²) in [7, 11) is 1.77. The number of aromatic hydroxyl groups is 1. The number of phenolic OH excluding ortho intramolecular Hbond substituents is 1. The highest BCUT2D eigenvalue weighted by atomic mass is 16.3. The summed E-state index contributed by atoms with van der Waals surface area (Å²) in [5.74, 6) is 0.194. The second-order valence-electron chi connectivity index (χ2n) is 6.15. The molecule has 5 heteroatoms. The van der Waals surface area contributed by atoms with Crippen LogP contribution in [-0.4, -0.2) is 19.6 Å². The number of hydrogen-bond donors (Lipinski definition) is 1. The van der Waals surface area contributed by atoms with Crippen LogP contribution in [-0.2, 0) is 7.05 Å². The Balaban J connectivity index is 2.07. The van der Waals surface area contributed by atoms with Gasteiger partial charge in [0.25, 0.3) is 5.56 Å². The van der Waals surface area contributed by atoms with Crippen molar-refractivity contribution < 1.29 is 5.11 Å². The van der Waals surface area contributed by atoms with Crippen LogP contribution in [0.4, 0.5) is 0 Å². The van der Waals surface area contributed by atoms with Crippen molar-refractivity contribution in [3.8, 4) is 17.0 Å². The molecule has 3 aromatic carbocycles. The Hall–Kier alpha value is -3.47. The van der Waals surface area contributed by atoms with E-state index in [2.05, 4.69) is 9.97 Å². The predicted molar refractivity (Wildman–Crippen MR) is 98.1 cm³/mol. The number of aromatic nitrogens is 3. The van der Waals surface area contributed by atoms with Crippen molar-refractivity contribution in [1.29, 1.82) is 0 Å². The van der Waals surface area contributed by atoms with Crippen molar-refractivity contribution >= 4 is 32.6 Å². The fraction of sp³-hybridized carbons (Fsp3) is 0.0500. The highest BCUT2D eigenvalue weighted by Crippen LogP contribution is 2.36. The predicted octanol–water partition coefficient (Wildman–Crippen LogP) is 3.45. The van der Waals surface area contributed by atoms with Crippen molar-refractivity contribution in [2.75, 3.05) is 0 Å². The normalized spacial score (nSPS) is 11.7. The molecule has 5 nitrogen and oxygen atoms in total. The Morgan fingerprint density at radius 1 is 0.840 bits per heavy atom. The van der Waals surface area contributed by atoms with E-state index in [-0.39, 0.29) is 11.3 Å². The number of rotatable bonds is 1. The Kier molecular flexibility index (Phi) is 2.65. The van der Waals surface area contributed by atoms with E-state index in [4.69, 9.17) is 0 Å². The standard InChI is InChI=1S/C20H13N3O2/c1-23-19(11-2-4-12(24)5-3-11)13-6-8-15-18-16(22-10-21-15)9-7-14(17(13)18)20(23)25/h2-10,24H,1H3. The summed E-state index contributed by atoms with van der Waals surface area (Å²) in [5, 5.41) is 13.0. The summed E-state index contributed by atoms with van der Waals surface area (Å²) < 4.78 is 1.66. The zero-order valence-corrected chi connectivity index (χ0v) is 13.4. The van der Waals surface area contributed by atoms with Gasteiger partial charge in [0.2, 0.25) is 0 Å². The van der Waals surface area contributed by atoms with Crippen LogP contribution >= 0.6 is 0 Å². The third-order valence-corrected chi connectivity index (χ3v) is 4.78. The Labute approximate surface area is 142 Å². The first-order valence-corrected chi connectivity index (χ1v) is 7.93. The first kappa shape index (κ1) is 13.9. The molecule has 2 aromatic heterocycles. The molecule has 2 heterocycles. The summed E-state index contributed by atoms with van der Waals surface area (Å²) in [6.07, 6.45) is 1.54. The van der Waals surface area contributed by atoms with E-state index in [1.165, 1.54) is 0 Å².